The number of amidine groups is 1. The molecule has 2 atom stereocenters. The van der Waals surface area contributed by atoms with Crippen molar-refractivity contribution in [2.75, 3.05) is 13.1 Å². The fourth-order valence-corrected chi connectivity index (χ4v) is 3.56. The molecule has 0 amide bonds. The first-order valence-electron chi connectivity index (χ1n) is 9.53. The van der Waals surface area contributed by atoms with Crippen molar-refractivity contribution in [1.82, 2.24) is 15.3 Å². The number of hydrogen-bond donors (Lipinski definition) is 5. The Kier molecular flexibility index (Phi) is 8.27. The van der Waals surface area contributed by atoms with E-state index in [1.54, 1.807) is 30.3 Å². The summed E-state index contributed by atoms with van der Waals surface area (Å²) < 4.78 is 5.90. The Morgan fingerprint density at radius 2 is 2.00 bits per heavy atom. The molecule has 166 valence electrons. The lowest BCUT2D eigenvalue weighted by molar-refractivity contribution is -0.138. The normalized spacial score (nSPS) is 16.2. The number of aromatic amines is 1. The van der Waals surface area contributed by atoms with Gasteiger partial charge in [0.1, 0.15) is 23.5 Å². The lowest BCUT2D eigenvalue weighted by atomic mass is 9.95. The van der Waals surface area contributed by atoms with Crippen LogP contribution in [0.2, 0.25) is 0 Å². The number of nitrogens with two attached hydrogens (primary N) is 1. The van der Waals surface area contributed by atoms with Gasteiger partial charge in [0.05, 0.1) is 17.0 Å². The maximum atomic E-state index is 11.9. The van der Waals surface area contributed by atoms with Crippen molar-refractivity contribution in [3.05, 3.63) is 59.4 Å². The van der Waals surface area contributed by atoms with E-state index >= 15 is 0 Å². The molecule has 0 radical (unpaired) electrons. The quantitative estimate of drug-likeness (QED) is 0.268. The maximum absolute atomic E-state index is 11.9. The van der Waals surface area contributed by atoms with Crippen LogP contribution in [0.1, 0.15) is 29.3 Å². The molecule has 0 aliphatic carbocycles. The number of carboxylic acids is 1. The second-order valence-electron chi connectivity index (χ2n) is 7.23. The smallest absolute Gasteiger partial charge is 0.311 e. The molecule has 1 fully saturated rings. The largest absolute Gasteiger partial charge is 0.489 e. The Morgan fingerprint density at radius 1 is 1.26 bits per heavy atom. The van der Waals surface area contributed by atoms with E-state index in [0.29, 0.717) is 22.5 Å². The number of hydrogen-bond acceptors (Lipinski definition) is 5. The number of nitrogens with zero attached hydrogens (tertiary/aromatic N) is 1. The predicted molar refractivity (Wildman–Crippen MR) is 124 cm³/mol. The van der Waals surface area contributed by atoms with Crippen LogP contribution in [0.15, 0.2) is 42.5 Å². The molecule has 0 spiro atoms. The number of halogens is 2. The molecule has 3 aromatic rings. The standard InChI is InChI=1S/C21H23N5O3.2ClH/c22-20(23)13-3-6-17-18(9-13)26-19(25-17)10-16(21(27)28)12-1-4-14(5-2-12)29-15-7-8-24-11-15;;/h1-6,9,15-16,24H,7-8,10-11H2,(H3,22,23)(H,25,26)(H,27,28);2*1H/t15-,16?;;/m0../s1. The number of nitrogen functional groups attached to an aromatic ring is 1. The van der Waals surface area contributed by atoms with Gasteiger partial charge in [0, 0.05) is 18.5 Å². The van der Waals surface area contributed by atoms with Gasteiger partial charge in [0.25, 0.3) is 0 Å². The van der Waals surface area contributed by atoms with Crippen LogP contribution >= 0.6 is 24.8 Å². The van der Waals surface area contributed by atoms with Gasteiger partial charge >= 0.3 is 5.97 Å². The van der Waals surface area contributed by atoms with E-state index in [0.717, 1.165) is 30.8 Å². The van der Waals surface area contributed by atoms with Crippen LogP contribution in [0.5, 0.6) is 5.75 Å². The summed E-state index contributed by atoms with van der Waals surface area (Å²) in [6.45, 7) is 1.78. The Bertz CT molecular complexity index is 1050. The number of carbonyl (C=O) groups is 1. The minimum absolute atomic E-state index is 0. The molecule has 1 aliphatic rings. The second-order valence-corrected chi connectivity index (χ2v) is 7.23. The number of benzene rings is 2. The molecule has 10 heteroatoms. The van der Waals surface area contributed by atoms with Crippen molar-refractivity contribution >= 4 is 47.7 Å². The zero-order valence-electron chi connectivity index (χ0n) is 16.6. The van der Waals surface area contributed by atoms with E-state index in [9.17, 15) is 9.90 Å². The van der Waals surface area contributed by atoms with Crippen LogP contribution in [0, 0.1) is 5.41 Å². The SMILES string of the molecule is Cl.Cl.N=C(N)c1ccc2[nH]c(CC(C(=O)O)c3ccc(O[C@H]4CCNC4)cc3)nc2c1. The van der Waals surface area contributed by atoms with Crippen LogP contribution in [-0.2, 0) is 11.2 Å². The van der Waals surface area contributed by atoms with Crippen molar-refractivity contribution in [2.24, 2.45) is 5.73 Å². The fourth-order valence-electron chi connectivity index (χ4n) is 3.56. The van der Waals surface area contributed by atoms with Gasteiger partial charge in [-0.2, -0.15) is 0 Å². The van der Waals surface area contributed by atoms with Crippen molar-refractivity contribution in [2.45, 2.75) is 24.9 Å². The average molecular weight is 466 g/mol. The molecule has 2 aromatic carbocycles. The number of ether oxygens (including phenoxy) is 1. The molecule has 1 aliphatic heterocycles. The van der Waals surface area contributed by atoms with Gasteiger partial charge in [0.2, 0.25) is 0 Å². The topological polar surface area (TPSA) is 137 Å². The molecule has 2 heterocycles. The predicted octanol–water partition coefficient (Wildman–Crippen LogP) is 2.84. The number of imidazole rings is 1. The number of fused-ring (bicyclic) bond motifs is 1. The molecule has 1 unspecified atom stereocenters. The Labute approximate surface area is 191 Å². The first-order chi connectivity index (χ1) is 14.0. The van der Waals surface area contributed by atoms with E-state index in [4.69, 9.17) is 15.9 Å². The van der Waals surface area contributed by atoms with Crippen LogP contribution in [0.25, 0.3) is 11.0 Å². The van der Waals surface area contributed by atoms with Crippen molar-refractivity contribution in [1.29, 1.82) is 5.41 Å². The summed E-state index contributed by atoms with van der Waals surface area (Å²) >= 11 is 0. The monoisotopic (exact) mass is 465 g/mol. The van der Waals surface area contributed by atoms with Gasteiger partial charge in [-0.25, -0.2) is 4.98 Å². The highest BCUT2D eigenvalue weighted by atomic mass is 35.5. The number of H-pyrrole nitrogens is 1. The minimum atomic E-state index is -0.913. The highest BCUT2D eigenvalue weighted by molar-refractivity contribution is 5.97. The van der Waals surface area contributed by atoms with Crippen LogP contribution in [0.3, 0.4) is 0 Å². The van der Waals surface area contributed by atoms with E-state index < -0.39 is 11.9 Å². The molecule has 31 heavy (non-hydrogen) atoms. The Morgan fingerprint density at radius 3 is 2.61 bits per heavy atom. The molecule has 8 nitrogen and oxygen atoms in total. The summed E-state index contributed by atoms with van der Waals surface area (Å²) in [7, 11) is 0. The summed E-state index contributed by atoms with van der Waals surface area (Å²) in [5, 5.41) is 20.5. The zero-order valence-corrected chi connectivity index (χ0v) is 18.3. The molecule has 1 saturated heterocycles. The number of aromatic nitrogens is 2. The van der Waals surface area contributed by atoms with Crippen molar-refractivity contribution < 1.29 is 14.6 Å². The highest BCUT2D eigenvalue weighted by Crippen LogP contribution is 2.25. The summed E-state index contributed by atoms with van der Waals surface area (Å²) in [5.74, 6) is -0.360. The molecular weight excluding hydrogens is 441 g/mol. The lowest BCUT2D eigenvalue weighted by Gasteiger charge is -2.15. The van der Waals surface area contributed by atoms with E-state index in [-0.39, 0.29) is 43.2 Å². The minimum Gasteiger partial charge on any atom is -0.489 e. The number of rotatable bonds is 7. The third kappa shape index (κ3) is 5.66. The molecule has 6 N–H and O–H groups in total. The summed E-state index contributed by atoms with van der Waals surface area (Å²) in [5.41, 5.74) is 8.24. The molecular formula is C21H25Cl2N5O3. The van der Waals surface area contributed by atoms with Crippen LogP contribution in [0.4, 0.5) is 0 Å². The Balaban J connectivity index is 0.00000171. The first kappa shape index (κ1) is 24.5. The fraction of sp³-hybridized carbons (Fsp3) is 0.286. The van der Waals surface area contributed by atoms with Gasteiger partial charge in [-0.05, 0) is 48.9 Å². The summed E-state index contributed by atoms with van der Waals surface area (Å²) in [4.78, 5) is 19.5. The van der Waals surface area contributed by atoms with Gasteiger partial charge < -0.3 is 25.9 Å². The maximum Gasteiger partial charge on any atom is 0.311 e. The number of nitrogens with one attached hydrogen (secondary N) is 3. The van der Waals surface area contributed by atoms with Gasteiger partial charge in [-0.3, -0.25) is 10.2 Å². The van der Waals surface area contributed by atoms with Gasteiger partial charge in [0.15, 0.2) is 0 Å². The summed E-state index contributed by atoms with van der Waals surface area (Å²) in [6, 6.07) is 12.5. The Hall–Kier alpha value is -2.81. The van der Waals surface area contributed by atoms with Crippen molar-refractivity contribution in [3.8, 4) is 5.75 Å². The van der Waals surface area contributed by atoms with Crippen LogP contribution < -0.4 is 15.8 Å². The molecule has 0 bridgehead atoms. The van der Waals surface area contributed by atoms with E-state index in [1.165, 1.54) is 0 Å². The highest BCUT2D eigenvalue weighted by Gasteiger charge is 2.23. The average Bonchev–Trinajstić information content (AvgIpc) is 3.35. The third-order valence-corrected chi connectivity index (χ3v) is 5.14. The van der Waals surface area contributed by atoms with E-state index in [1.807, 2.05) is 12.1 Å². The molecule has 0 saturated carbocycles. The third-order valence-electron chi connectivity index (χ3n) is 5.14. The zero-order chi connectivity index (χ0) is 20.4. The number of aliphatic carboxylic acids is 1. The number of carboxylic acid groups (broad SMARTS) is 1. The summed E-state index contributed by atoms with van der Waals surface area (Å²) in [6.07, 6.45) is 1.36. The molecule has 4 rings (SSSR count). The second kappa shape index (κ2) is 10.5. The first-order valence-corrected chi connectivity index (χ1v) is 9.53. The molecule has 1 aromatic heterocycles. The van der Waals surface area contributed by atoms with Crippen molar-refractivity contribution in [3.63, 3.8) is 0 Å². The lowest BCUT2D eigenvalue weighted by Crippen LogP contribution is -2.19. The van der Waals surface area contributed by atoms with Crippen LogP contribution in [-0.4, -0.2) is 46.1 Å². The van der Waals surface area contributed by atoms with Gasteiger partial charge in [-0.1, -0.05) is 12.1 Å². The van der Waals surface area contributed by atoms with E-state index in [2.05, 4.69) is 15.3 Å². The van der Waals surface area contributed by atoms with Gasteiger partial charge in [-0.15, -0.1) is 24.8 Å².